The molecule has 0 radical (unpaired) electrons. The molecule has 2 N–H and O–H groups in total. The van der Waals surface area contributed by atoms with E-state index in [1.807, 2.05) is 78.9 Å². The molecule has 0 bridgehead atoms. The number of carbonyl (C=O) groups excluding carboxylic acids is 1. The molecule has 0 aliphatic heterocycles. The molecule has 0 spiro atoms. The maximum Gasteiger partial charge on any atom is 0.257 e. The van der Waals surface area contributed by atoms with Crippen LogP contribution in [0.2, 0.25) is 0 Å². The van der Waals surface area contributed by atoms with E-state index < -0.39 is 0 Å². The lowest BCUT2D eigenvalue weighted by Crippen LogP contribution is -2.12. The first-order chi connectivity index (χ1) is 11.8. The Kier molecular flexibility index (Phi) is 3.56. The Morgan fingerprint density at radius 2 is 1.46 bits per heavy atom. The molecular formula is C20H15N3O. The third-order valence-electron chi connectivity index (χ3n) is 3.88. The fraction of sp³-hybridized carbons (Fsp3) is 0. The topological polar surface area (TPSA) is 57.8 Å². The Morgan fingerprint density at radius 3 is 2.21 bits per heavy atom. The van der Waals surface area contributed by atoms with Gasteiger partial charge in [0, 0.05) is 5.56 Å². The fourth-order valence-electron chi connectivity index (χ4n) is 2.64. The molecule has 0 aliphatic rings. The zero-order valence-corrected chi connectivity index (χ0v) is 12.9. The second-order valence-electron chi connectivity index (χ2n) is 5.50. The van der Waals surface area contributed by atoms with Crippen LogP contribution >= 0.6 is 0 Å². The number of H-pyrrole nitrogens is 1. The summed E-state index contributed by atoms with van der Waals surface area (Å²) in [6.07, 6.45) is 0. The number of rotatable bonds is 3. The summed E-state index contributed by atoms with van der Waals surface area (Å²) < 4.78 is 0. The summed E-state index contributed by atoms with van der Waals surface area (Å²) in [5.74, 6) is 0.266. The summed E-state index contributed by atoms with van der Waals surface area (Å²) in [7, 11) is 0. The van der Waals surface area contributed by atoms with Gasteiger partial charge in [0.1, 0.15) is 0 Å². The molecule has 4 nitrogen and oxygen atoms in total. The van der Waals surface area contributed by atoms with Gasteiger partial charge in [-0.1, -0.05) is 54.6 Å². The molecule has 3 aromatic carbocycles. The zero-order valence-electron chi connectivity index (χ0n) is 12.9. The summed E-state index contributed by atoms with van der Waals surface area (Å²) in [6, 6.07) is 25.3. The normalized spacial score (nSPS) is 10.7. The number of fused-ring (bicyclic) bond motifs is 1. The minimum atomic E-state index is -0.186. The summed E-state index contributed by atoms with van der Waals surface area (Å²) in [4.78, 5) is 19.8. The number of hydrogen-bond donors (Lipinski definition) is 2. The van der Waals surface area contributed by atoms with Crippen LogP contribution in [0.3, 0.4) is 0 Å². The van der Waals surface area contributed by atoms with Gasteiger partial charge in [0.25, 0.3) is 5.91 Å². The molecule has 0 atom stereocenters. The molecule has 116 valence electrons. The minimum absolute atomic E-state index is 0.186. The first-order valence-corrected chi connectivity index (χ1v) is 7.71. The number of para-hydroxylation sites is 2. The lowest BCUT2D eigenvalue weighted by atomic mass is 10.0. The number of aromatic nitrogens is 2. The Hall–Kier alpha value is -3.40. The van der Waals surface area contributed by atoms with Crippen LogP contribution in [0.5, 0.6) is 0 Å². The largest absolute Gasteiger partial charge is 0.324 e. The summed E-state index contributed by atoms with van der Waals surface area (Å²) >= 11 is 0. The van der Waals surface area contributed by atoms with Gasteiger partial charge in [-0.05, 0) is 35.4 Å². The maximum atomic E-state index is 12.4. The SMILES string of the molecule is O=C(Nc1nc2ccccc2[nH]1)c1ccc(-c2ccccc2)cc1. The molecule has 4 aromatic rings. The average molecular weight is 313 g/mol. The van der Waals surface area contributed by atoms with Crippen molar-refractivity contribution in [2.24, 2.45) is 0 Å². The van der Waals surface area contributed by atoms with E-state index in [9.17, 15) is 4.79 Å². The van der Waals surface area contributed by atoms with Crippen molar-refractivity contribution >= 4 is 22.9 Å². The quantitative estimate of drug-likeness (QED) is 0.586. The molecule has 0 aliphatic carbocycles. The van der Waals surface area contributed by atoms with Crippen molar-refractivity contribution in [1.29, 1.82) is 0 Å². The highest BCUT2D eigenvalue weighted by atomic mass is 16.1. The summed E-state index contributed by atoms with van der Waals surface area (Å²) in [5, 5.41) is 2.80. The zero-order chi connectivity index (χ0) is 16.4. The Balaban J connectivity index is 1.54. The molecule has 0 saturated heterocycles. The predicted molar refractivity (Wildman–Crippen MR) is 95.9 cm³/mol. The van der Waals surface area contributed by atoms with E-state index in [2.05, 4.69) is 15.3 Å². The molecule has 0 unspecified atom stereocenters. The predicted octanol–water partition coefficient (Wildman–Crippen LogP) is 4.48. The number of amides is 1. The molecule has 0 fully saturated rings. The second-order valence-corrected chi connectivity index (χ2v) is 5.50. The smallest absolute Gasteiger partial charge is 0.257 e. The van der Waals surface area contributed by atoms with Crippen molar-refractivity contribution < 1.29 is 4.79 Å². The van der Waals surface area contributed by atoms with Crippen LogP contribution in [0.15, 0.2) is 78.9 Å². The fourth-order valence-corrected chi connectivity index (χ4v) is 2.64. The van der Waals surface area contributed by atoms with Crippen molar-refractivity contribution in [3.8, 4) is 11.1 Å². The lowest BCUT2D eigenvalue weighted by molar-refractivity contribution is 0.102. The minimum Gasteiger partial charge on any atom is -0.324 e. The molecular weight excluding hydrogens is 298 g/mol. The number of imidazole rings is 1. The van der Waals surface area contributed by atoms with Crippen molar-refractivity contribution in [1.82, 2.24) is 9.97 Å². The number of anilines is 1. The van der Waals surface area contributed by atoms with Gasteiger partial charge in [0.2, 0.25) is 5.95 Å². The first-order valence-electron chi connectivity index (χ1n) is 7.71. The lowest BCUT2D eigenvalue weighted by Gasteiger charge is -2.04. The van der Waals surface area contributed by atoms with Crippen LogP contribution in [0.25, 0.3) is 22.2 Å². The van der Waals surface area contributed by atoms with E-state index in [4.69, 9.17) is 0 Å². The van der Waals surface area contributed by atoms with Crippen molar-refractivity contribution in [3.63, 3.8) is 0 Å². The van der Waals surface area contributed by atoms with Crippen LogP contribution < -0.4 is 5.32 Å². The van der Waals surface area contributed by atoms with Crippen molar-refractivity contribution in [2.45, 2.75) is 0 Å². The monoisotopic (exact) mass is 313 g/mol. The molecule has 4 rings (SSSR count). The van der Waals surface area contributed by atoms with Gasteiger partial charge >= 0.3 is 0 Å². The average Bonchev–Trinajstić information content (AvgIpc) is 3.05. The highest BCUT2D eigenvalue weighted by molar-refractivity contribution is 6.04. The van der Waals surface area contributed by atoms with Gasteiger partial charge in [-0.25, -0.2) is 4.98 Å². The Bertz CT molecular complexity index is 955. The van der Waals surface area contributed by atoms with E-state index in [0.29, 0.717) is 11.5 Å². The van der Waals surface area contributed by atoms with Gasteiger partial charge < -0.3 is 4.98 Å². The van der Waals surface area contributed by atoms with E-state index in [1.165, 1.54) is 0 Å². The third-order valence-corrected chi connectivity index (χ3v) is 3.88. The van der Waals surface area contributed by atoms with Gasteiger partial charge in [-0.2, -0.15) is 0 Å². The van der Waals surface area contributed by atoms with E-state index in [1.54, 1.807) is 0 Å². The Morgan fingerprint density at radius 1 is 0.792 bits per heavy atom. The van der Waals surface area contributed by atoms with E-state index in [-0.39, 0.29) is 5.91 Å². The third kappa shape index (κ3) is 2.77. The molecule has 1 aromatic heterocycles. The number of carbonyl (C=O) groups is 1. The highest BCUT2D eigenvalue weighted by Gasteiger charge is 2.09. The van der Waals surface area contributed by atoms with Gasteiger partial charge in [-0.15, -0.1) is 0 Å². The number of nitrogens with zero attached hydrogens (tertiary/aromatic N) is 1. The summed E-state index contributed by atoms with van der Waals surface area (Å²) in [6.45, 7) is 0. The molecule has 1 amide bonds. The van der Waals surface area contributed by atoms with Gasteiger partial charge in [0.05, 0.1) is 11.0 Å². The van der Waals surface area contributed by atoms with Crippen LogP contribution in [0.1, 0.15) is 10.4 Å². The van der Waals surface area contributed by atoms with Crippen LogP contribution in [0, 0.1) is 0 Å². The van der Waals surface area contributed by atoms with Crippen molar-refractivity contribution in [3.05, 3.63) is 84.4 Å². The highest BCUT2D eigenvalue weighted by Crippen LogP contribution is 2.20. The van der Waals surface area contributed by atoms with E-state index in [0.717, 1.165) is 22.2 Å². The van der Waals surface area contributed by atoms with Crippen LogP contribution in [-0.2, 0) is 0 Å². The van der Waals surface area contributed by atoms with Gasteiger partial charge in [0.15, 0.2) is 0 Å². The first kappa shape index (κ1) is 14.2. The van der Waals surface area contributed by atoms with E-state index >= 15 is 0 Å². The summed E-state index contributed by atoms with van der Waals surface area (Å²) in [5.41, 5.74) is 4.52. The van der Waals surface area contributed by atoms with Crippen LogP contribution in [-0.4, -0.2) is 15.9 Å². The number of benzene rings is 3. The molecule has 24 heavy (non-hydrogen) atoms. The second kappa shape index (κ2) is 6.01. The molecule has 1 heterocycles. The standard InChI is InChI=1S/C20H15N3O/c24-19(23-20-21-17-8-4-5-9-18(17)22-20)16-12-10-15(11-13-16)14-6-2-1-3-7-14/h1-13H,(H2,21,22,23,24). The number of aromatic amines is 1. The van der Waals surface area contributed by atoms with Crippen LogP contribution in [0.4, 0.5) is 5.95 Å². The number of hydrogen-bond acceptors (Lipinski definition) is 2. The Labute approximate surface area is 139 Å². The molecule has 0 saturated carbocycles. The maximum absolute atomic E-state index is 12.4. The van der Waals surface area contributed by atoms with Gasteiger partial charge in [-0.3, -0.25) is 10.1 Å². The van der Waals surface area contributed by atoms with Crippen molar-refractivity contribution in [2.75, 3.05) is 5.32 Å². The number of nitrogens with one attached hydrogen (secondary N) is 2. The molecule has 4 heteroatoms.